The number of primary amides is 1. The number of carbonyl (C=O) groups excluding carboxylic acids is 1. The van der Waals surface area contributed by atoms with Crippen LogP contribution in [-0.4, -0.2) is 61.1 Å². The molecule has 102 valence electrons. The highest BCUT2D eigenvalue weighted by Crippen LogP contribution is 2.29. The molecule has 19 heavy (non-hydrogen) atoms. The highest BCUT2D eigenvalue weighted by Gasteiger charge is 2.45. The van der Waals surface area contributed by atoms with Crippen molar-refractivity contribution < 1.29 is 24.9 Å². The second-order valence-corrected chi connectivity index (χ2v) is 3.97. The quantitative estimate of drug-likeness (QED) is 0.427. The van der Waals surface area contributed by atoms with Crippen LogP contribution in [0.1, 0.15) is 22.4 Å². The molecular weight excluding hydrogens is 256 g/mol. The average Bonchev–Trinajstić information content (AvgIpc) is 2.92. The Bertz CT molecular complexity index is 537. The number of aliphatic hydroxyl groups is 3. The molecule has 4 atom stereocenters. The minimum Gasteiger partial charge on any atom is -0.394 e. The molecule has 5 N–H and O–H groups in total. The van der Waals surface area contributed by atoms with Crippen molar-refractivity contribution in [2.75, 3.05) is 6.61 Å². The van der Waals surface area contributed by atoms with Gasteiger partial charge in [-0.1, -0.05) is 5.21 Å². The number of aliphatic hydroxyl groups excluding tert-OH is 3. The molecular formula is C10H12N4O5. The van der Waals surface area contributed by atoms with Crippen molar-refractivity contribution in [3.63, 3.8) is 0 Å². The first-order chi connectivity index (χ1) is 9.01. The predicted octanol–water partition coefficient (Wildman–Crippen LogP) is -3.03. The van der Waals surface area contributed by atoms with Gasteiger partial charge in [-0.3, -0.25) is 4.79 Å². The summed E-state index contributed by atoms with van der Waals surface area (Å²) < 4.78 is 6.20. The van der Waals surface area contributed by atoms with Crippen LogP contribution in [-0.2, 0) is 4.74 Å². The van der Waals surface area contributed by atoms with E-state index in [0.717, 1.165) is 4.68 Å². The van der Waals surface area contributed by atoms with Crippen molar-refractivity contribution in [3.8, 4) is 12.3 Å². The van der Waals surface area contributed by atoms with Gasteiger partial charge < -0.3 is 25.8 Å². The van der Waals surface area contributed by atoms with Gasteiger partial charge in [0, 0.05) is 0 Å². The SMILES string of the molecule is C#Cc1c(C(N)=O)nnn1[C@@H]1O[C@H](CO)[C@@H](O)[C@H]1O. The van der Waals surface area contributed by atoms with E-state index in [9.17, 15) is 15.0 Å². The lowest BCUT2D eigenvalue weighted by molar-refractivity contribution is -0.0597. The molecule has 0 radical (unpaired) electrons. The van der Waals surface area contributed by atoms with Gasteiger partial charge in [-0.15, -0.1) is 11.5 Å². The minimum atomic E-state index is -1.37. The van der Waals surface area contributed by atoms with Crippen LogP contribution in [0.25, 0.3) is 0 Å². The van der Waals surface area contributed by atoms with Crippen molar-refractivity contribution >= 4 is 5.91 Å². The van der Waals surface area contributed by atoms with E-state index in [0.29, 0.717) is 0 Å². The third-order valence-corrected chi connectivity index (χ3v) is 2.82. The highest BCUT2D eigenvalue weighted by molar-refractivity contribution is 5.92. The van der Waals surface area contributed by atoms with Gasteiger partial charge >= 0.3 is 0 Å². The molecule has 0 unspecified atom stereocenters. The molecule has 9 heteroatoms. The van der Waals surface area contributed by atoms with Crippen molar-refractivity contribution in [2.24, 2.45) is 5.73 Å². The van der Waals surface area contributed by atoms with Gasteiger partial charge in [-0.2, -0.15) is 0 Å². The molecule has 1 aliphatic rings. The van der Waals surface area contributed by atoms with Crippen LogP contribution in [0.5, 0.6) is 0 Å². The summed E-state index contributed by atoms with van der Waals surface area (Å²) in [6.07, 6.45) is 0.435. The Morgan fingerprint density at radius 2 is 2.21 bits per heavy atom. The van der Waals surface area contributed by atoms with E-state index in [2.05, 4.69) is 16.2 Å². The Hall–Kier alpha value is -1.99. The predicted molar refractivity (Wildman–Crippen MR) is 59.5 cm³/mol. The number of carbonyl (C=O) groups is 1. The van der Waals surface area contributed by atoms with Crippen molar-refractivity contribution in [3.05, 3.63) is 11.4 Å². The van der Waals surface area contributed by atoms with E-state index < -0.39 is 37.1 Å². The van der Waals surface area contributed by atoms with Crippen LogP contribution in [0.15, 0.2) is 0 Å². The van der Waals surface area contributed by atoms with Crippen LogP contribution in [0.4, 0.5) is 0 Å². The Labute approximate surface area is 107 Å². The Balaban J connectivity index is 2.39. The number of nitrogens with zero attached hydrogens (tertiary/aromatic N) is 3. The number of aromatic nitrogens is 3. The van der Waals surface area contributed by atoms with Gasteiger partial charge in [0.25, 0.3) is 5.91 Å². The number of nitrogens with two attached hydrogens (primary N) is 1. The molecule has 1 saturated heterocycles. The first-order valence-electron chi connectivity index (χ1n) is 5.35. The third-order valence-electron chi connectivity index (χ3n) is 2.82. The summed E-state index contributed by atoms with van der Waals surface area (Å²) in [7, 11) is 0. The molecule has 1 amide bonds. The van der Waals surface area contributed by atoms with Crippen LogP contribution in [0.2, 0.25) is 0 Å². The summed E-state index contributed by atoms with van der Waals surface area (Å²) in [5, 5.41) is 35.5. The molecule has 2 heterocycles. The number of rotatable bonds is 3. The number of amides is 1. The van der Waals surface area contributed by atoms with E-state index in [4.69, 9.17) is 22.0 Å². The lowest BCUT2D eigenvalue weighted by Crippen LogP contribution is -2.33. The van der Waals surface area contributed by atoms with Gasteiger partial charge in [0.15, 0.2) is 11.9 Å². The van der Waals surface area contributed by atoms with Gasteiger partial charge in [-0.25, -0.2) is 4.68 Å². The Morgan fingerprint density at radius 3 is 2.68 bits per heavy atom. The fourth-order valence-electron chi connectivity index (χ4n) is 1.85. The smallest absolute Gasteiger partial charge is 0.272 e. The van der Waals surface area contributed by atoms with Crippen molar-refractivity contribution in [1.82, 2.24) is 15.0 Å². The summed E-state index contributed by atoms with van der Waals surface area (Å²) in [4.78, 5) is 11.1. The number of ether oxygens (including phenoxy) is 1. The zero-order valence-electron chi connectivity index (χ0n) is 9.67. The number of hydrogen-bond donors (Lipinski definition) is 4. The zero-order chi connectivity index (χ0) is 14.2. The average molecular weight is 268 g/mol. The molecule has 1 aromatic rings. The molecule has 1 aromatic heterocycles. The van der Waals surface area contributed by atoms with Crippen molar-refractivity contribution in [1.29, 1.82) is 0 Å². The van der Waals surface area contributed by atoms with Crippen LogP contribution < -0.4 is 5.73 Å². The molecule has 0 aromatic carbocycles. The Kier molecular flexibility index (Phi) is 3.50. The van der Waals surface area contributed by atoms with Gasteiger partial charge in [0.05, 0.1) is 6.61 Å². The standard InChI is InChI=1S/C10H12N4O5/c1-2-4-6(9(11)18)12-13-14(4)10-8(17)7(16)5(3-15)19-10/h1,5,7-8,10,15-17H,3H2,(H2,11,18)/t5-,7-,8-,10-/m1/s1. The Morgan fingerprint density at radius 1 is 1.53 bits per heavy atom. The fraction of sp³-hybridized carbons (Fsp3) is 0.500. The van der Waals surface area contributed by atoms with Crippen molar-refractivity contribution in [2.45, 2.75) is 24.5 Å². The highest BCUT2D eigenvalue weighted by atomic mass is 16.6. The second-order valence-electron chi connectivity index (χ2n) is 3.97. The van der Waals surface area contributed by atoms with Gasteiger partial charge in [0.1, 0.15) is 24.0 Å². The summed E-state index contributed by atoms with van der Waals surface area (Å²) in [6, 6.07) is 0. The normalized spacial score (nSPS) is 30.2. The monoisotopic (exact) mass is 268 g/mol. The van der Waals surface area contributed by atoms with E-state index in [1.54, 1.807) is 0 Å². The largest absolute Gasteiger partial charge is 0.394 e. The first-order valence-corrected chi connectivity index (χ1v) is 5.35. The topological polar surface area (TPSA) is 144 Å². The van der Waals surface area contributed by atoms with Crippen LogP contribution >= 0.6 is 0 Å². The summed E-state index contributed by atoms with van der Waals surface area (Å²) >= 11 is 0. The minimum absolute atomic E-state index is 0.0673. The second kappa shape index (κ2) is 4.94. The lowest BCUT2D eigenvalue weighted by Gasteiger charge is -2.15. The number of terminal acetylenes is 1. The van der Waals surface area contributed by atoms with Gasteiger partial charge in [0.2, 0.25) is 0 Å². The van der Waals surface area contributed by atoms with E-state index in [1.807, 2.05) is 0 Å². The molecule has 1 fully saturated rings. The van der Waals surface area contributed by atoms with Crippen LogP contribution in [0.3, 0.4) is 0 Å². The van der Waals surface area contributed by atoms with E-state index in [-0.39, 0.29) is 11.4 Å². The van der Waals surface area contributed by atoms with Gasteiger partial charge in [-0.05, 0) is 5.92 Å². The molecule has 2 rings (SSSR count). The molecule has 0 aliphatic carbocycles. The number of hydrogen-bond acceptors (Lipinski definition) is 7. The maximum absolute atomic E-state index is 11.1. The summed E-state index contributed by atoms with van der Waals surface area (Å²) in [5.41, 5.74) is 4.77. The fourth-order valence-corrected chi connectivity index (χ4v) is 1.85. The molecule has 0 saturated carbocycles. The van der Waals surface area contributed by atoms with E-state index in [1.165, 1.54) is 0 Å². The maximum Gasteiger partial charge on any atom is 0.272 e. The third kappa shape index (κ3) is 2.06. The summed E-state index contributed by atoms with van der Waals surface area (Å²) in [6.45, 7) is -0.489. The lowest BCUT2D eigenvalue weighted by atomic mass is 10.1. The first kappa shape index (κ1) is 13.4. The molecule has 9 nitrogen and oxygen atoms in total. The van der Waals surface area contributed by atoms with Crippen LogP contribution in [0, 0.1) is 12.3 Å². The van der Waals surface area contributed by atoms with E-state index >= 15 is 0 Å². The molecule has 0 bridgehead atoms. The molecule has 0 spiro atoms. The zero-order valence-corrected chi connectivity index (χ0v) is 9.67. The maximum atomic E-state index is 11.1. The summed E-state index contributed by atoms with van der Waals surface area (Å²) in [5.74, 6) is 1.30. The molecule has 1 aliphatic heterocycles.